The van der Waals surface area contributed by atoms with Crippen LogP contribution in [0.15, 0.2) is 134 Å². The van der Waals surface area contributed by atoms with Gasteiger partial charge < -0.3 is 65.1 Å². The average molecular weight is 1070 g/mol. The number of unbranched alkanes of at least 4 members (excludes halogenated alkanes) is 9. The maximum absolute atomic E-state index is 13.2. The van der Waals surface area contributed by atoms with Gasteiger partial charge in [0.2, 0.25) is 5.91 Å². The lowest BCUT2D eigenvalue weighted by atomic mass is 9.97. The minimum absolute atomic E-state index is 0.205. The minimum atomic E-state index is -1.80. The molecule has 0 saturated carbocycles. The smallest absolute Gasteiger partial charge is 0.220 e. The highest BCUT2D eigenvalue weighted by Crippen LogP contribution is 2.30. The number of hydrogen-bond acceptors (Lipinski definition) is 13. The fourth-order valence-electron chi connectivity index (χ4n) is 8.22. The van der Waals surface area contributed by atoms with Crippen LogP contribution in [0.3, 0.4) is 0 Å². The minimum Gasteiger partial charge on any atom is -0.394 e. The van der Waals surface area contributed by atoms with Crippen LogP contribution < -0.4 is 5.32 Å². The Balaban J connectivity index is 1.82. The summed E-state index contributed by atoms with van der Waals surface area (Å²) in [6.45, 7) is 2.57. The van der Waals surface area contributed by atoms with Gasteiger partial charge in [-0.25, -0.2) is 0 Å². The number of aliphatic hydroxyl groups is 8. The number of hydrogen-bond donors (Lipinski definition) is 9. The van der Waals surface area contributed by atoms with Crippen molar-refractivity contribution in [3.05, 3.63) is 134 Å². The summed E-state index contributed by atoms with van der Waals surface area (Å²) in [6, 6.07) is -0.971. The molecule has 0 aromatic rings. The van der Waals surface area contributed by atoms with Gasteiger partial charge in [-0.15, -0.1) is 0 Å². The van der Waals surface area contributed by atoms with Crippen LogP contribution in [0.25, 0.3) is 0 Å². The molecule has 2 rings (SSSR count). The standard InChI is InChI=1S/C62H99NO13/c1-3-5-7-9-11-13-15-17-19-20-21-22-23-24-25-26-27-28-29-30-32-34-36-38-40-42-44-46-54(67)63-50(51(66)45-43-41-39-37-35-33-31-18-16-14-12-10-8-6-4-2)49-73-61-59(72)57(70)60(53(48-65)75-61)76-62-58(71)56(69)55(68)52(47-64)74-62/h5,7,11,13,16-19,21-22,24-25,27-28,30,32,35-38,43,45,50-53,55-62,64-66,68-72H,3-4,6,8-10,12,14-15,20,23,26,29,31,33-34,39-42,44,46-49H2,1-2H3,(H,63,67)/b7-5-,13-11-,18-16+,19-17-,22-21-,25-24-,28-27-,32-30-,37-35+,38-36-,45-43+. The van der Waals surface area contributed by atoms with E-state index in [9.17, 15) is 45.6 Å². The fraction of sp³-hybridized carbons (Fsp3) is 0.629. The van der Waals surface area contributed by atoms with Gasteiger partial charge in [-0.3, -0.25) is 4.79 Å². The first kappa shape index (κ1) is 68.2. The van der Waals surface area contributed by atoms with E-state index in [1.807, 2.05) is 6.08 Å². The predicted octanol–water partition coefficient (Wildman–Crippen LogP) is 9.21. The van der Waals surface area contributed by atoms with Crippen molar-refractivity contribution in [3.63, 3.8) is 0 Å². The van der Waals surface area contributed by atoms with Crippen LogP contribution in [0, 0.1) is 0 Å². The summed E-state index contributed by atoms with van der Waals surface area (Å²) >= 11 is 0. The lowest BCUT2D eigenvalue weighted by Gasteiger charge is -2.46. The molecule has 14 nitrogen and oxygen atoms in total. The van der Waals surface area contributed by atoms with Crippen molar-refractivity contribution < 1.29 is 64.6 Å². The second-order valence-electron chi connectivity index (χ2n) is 19.3. The van der Waals surface area contributed by atoms with Gasteiger partial charge in [0.05, 0.1) is 32.0 Å². The van der Waals surface area contributed by atoms with E-state index in [1.54, 1.807) is 6.08 Å². The van der Waals surface area contributed by atoms with Gasteiger partial charge in [-0.05, 0) is 109 Å². The van der Waals surface area contributed by atoms with E-state index in [0.29, 0.717) is 12.8 Å². The Kier molecular flexibility index (Phi) is 41.4. The summed E-state index contributed by atoms with van der Waals surface area (Å²) in [5.74, 6) is -0.304. The Hall–Kier alpha value is -3.87. The molecular weight excluding hydrogens is 967 g/mol. The Bertz CT molecular complexity index is 1780. The second kappa shape index (κ2) is 46.1. The van der Waals surface area contributed by atoms with Gasteiger partial charge in [0.15, 0.2) is 12.6 Å². The van der Waals surface area contributed by atoms with Crippen LogP contribution in [-0.2, 0) is 23.7 Å². The monoisotopic (exact) mass is 1070 g/mol. The molecule has 2 fully saturated rings. The van der Waals surface area contributed by atoms with Crippen LogP contribution in [-0.4, -0.2) is 140 Å². The van der Waals surface area contributed by atoms with Gasteiger partial charge in [0, 0.05) is 6.42 Å². The summed E-state index contributed by atoms with van der Waals surface area (Å²) in [5.41, 5.74) is 0. The quantitative estimate of drug-likeness (QED) is 0.0206. The first-order valence-electron chi connectivity index (χ1n) is 28.4. The normalized spacial score (nSPS) is 25.9. The molecule has 1 amide bonds. The highest BCUT2D eigenvalue weighted by atomic mass is 16.7. The molecule has 76 heavy (non-hydrogen) atoms. The summed E-state index contributed by atoms with van der Waals surface area (Å²) in [6.07, 6.45) is 50.6. The third-order valence-electron chi connectivity index (χ3n) is 12.8. The van der Waals surface area contributed by atoms with Crippen molar-refractivity contribution >= 4 is 5.91 Å². The summed E-state index contributed by atoms with van der Waals surface area (Å²) in [7, 11) is 0. The van der Waals surface area contributed by atoms with Crippen LogP contribution in [0.4, 0.5) is 0 Å². The molecule has 2 heterocycles. The van der Waals surface area contributed by atoms with Gasteiger partial charge in [-0.1, -0.05) is 173 Å². The first-order valence-corrected chi connectivity index (χ1v) is 28.4. The predicted molar refractivity (Wildman–Crippen MR) is 304 cm³/mol. The average Bonchev–Trinajstić information content (AvgIpc) is 3.42. The Morgan fingerprint density at radius 2 is 0.921 bits per heavy atom. The molecule has 12 atom stereocenters. The molecule has 14 heteroatoms. The number of allylic oxidation sites excluding steroid dienone is 21. The van der Waals surface area contributed by atoms with Crippen LogP contribution in [0.2, 0.25) is 0 Å². The van der Waals surface area contributed by atoms with Gasteiger partial charge in [0.1, 0.15) is 48.8 Å². The zero-order chi connectivity index (χ0) is 55.3. The van der Waals surface area contributed by atoms with E-state index in [2.05, 4.69) is 141 Å². The SMILES string of the molecule is CC/C=C\C/C=C\C/C=C\C/C=C\C/C=C\C/C=C\C/C=C\C/C=C\CCCCC(=O)NC(COC1OC(CO)C(OC2OC(CO)C(O)C(O)C2O)C(O)C1O)C(O)/C=C/CC/C=C/CC/C=C/CCCCCCC. The number of amides is 1. The number of carbonyl (C=O) groups excluding carboxylic acids is 1. The van der Waals surface area contributed by atoms with Gasteiger partial charge >= 0.3 is 0 Å². The van der Waals surface area contributed by atoms with Crippen molar-refractivity contribution in [1.29, 1.82) is 0 Å². The highest BCUT2D eigenvalue weighted by Gasteiger charge is 2.51. The van der Waals surface area contributed by atoms with Crippen LogP contribution >= 0.6 is 0 Å². The highest BCUT2D eigenvalue weighted by molar-refractivity contribution is 5.76. The number of rotatable bonds is 42. The zero-order valence-electron chi connectivity index (χ0n) is 45.9. The Morgan fingerprint density at radius 3 is 1.43 bits per heavy atom. The maximum atomic E-state index is 13.2. The summed E-state index contributed by atoms with van der Waals surface area (Å²) in [4.78, 5) is 13.2. The molecule has 2 saturated heterocycles. The van der Waals surface area contributed by atoms with E-state index in [1.165, 1.54) is 32.1 Å². The Labute approximate surface area is 456 Å². The Morgan fingerprint density at radius 1 is 0.487 bits per heavy atom. The zero-order valence-corrected chi connectivity index (χ0v) is 45.9. The largest absolute Gasteiger partial charge is 0.394 e. The lowest BCUT2D eigenvalue weighted by molar-refractivity contribution is -0.359. The van der Waals surface area contributed by atoms with Crippen molar-refractivity contribution in [2.45, 2.75) is 229 Å². The molecule has 2 aliphatic heterocycles. The van der Waals surface area contributed by atoms with E-state index in [-0.39, 0.29) is 18.9 Å². The van der Waals surface area contributed by atoms with Crippen LogP contribution in [0.1, 0.15) is 155 Å². The van der Waals surface area contributed by atoms with E-state index >= 15 is 0 Å². The fourth-order valence-corrected chi connectivity index (χ4v) is 8.22. The molecule has 0 aromatic heterocycles. The van der Waals surface area contributed by atoms with Crippen molar-refractivity contribution in [2.24, 2.45) is 0 Å². The van der Waals surface area contributed by atoms with Crippen molar-refractivity contribution in [3.8, 4) is 0 Å². The number of carbonyl (C=O) groups is 1. The molecule has 12 unspecified atom stereocenters. The second-order valence-corrected chi connectivity index (χ2v) is 19.3. The number of ether oxygens (including phenoxy) is 4. The first-order chi connectivity index (χ1) is 37.1. The maximum Gasteiger partial charge on any atom is 0.220 e. The van der Waals surface area contributed by atoms with Crippen LogP contribution in [0.5, 0.6) is 0 Å². The lowest BCUT2D eigenvalue weighted by Crippen LogP contribution is -2.65. The molecule has 0 aliphatic carbocycles. The number of aliphatic hydroxyl groups excluding tert-OH is 8. The summed E-state index contributed by atoms with van der Waals surface area (Å²) in [5, 5.41) is 86.9. The molecular formula is C62H99NO13. The molecule has 0 radical (unpaired) electrons. The topological polar surface area (TPSA) is 228 Å². The number of nitrogens with one attached hydrogen (secondary N) is 1. The molecule has 2 aliphatic rings. The van der Waals surface area contributed by atoms with E-state index in [4.69, 9.17) is 18.9 Å². The third kappa shape index (κ3) is 31.5. The molecule has 430 valence electrons. The van der Waals surface area contributed by atoms with E-state index < -0.39 is 86.8 Å². The van der Waals surface area contributed by atoms with Gasteiger partial charge in [-0.2, -0.15) is 0 Å². The van der Waals surface area contributed by atoms with E-state index in [0.717, 1.165) is 89.9 Å². The molecule has 0 aromatic carbocycles. The van der Waals surface area contributed by atoms with Crippen molar-refractivity contribution in [2.75, 3.05) is 19.8 Å². The summed E-state index contributed by atoms with van der Waals surface area (Å²) < 4.78 is 22.7. The molecule has 9 N–H and O–H groups in total. The third-order valence-corrected chi connectivity index (χ3v) is 12.8. The molecule has 0 spiro atoms. The van der Waals surface area contributed by atoms with Crippen molar-refractivity contribution in [1.82, 2.24) is 5.32 Å². The van der Waals surface area contributed by atoms with Gasteiger partial charge in [0.25, 0.3) is 0 Å². The molecule has 0 bridgehead atoms.